The standard InChI is InChI=1S/C11H18O/c1-9-7-8-11(12-9)10-5-3-2-4-6-10/h7,10-11H,2-6,8H2,1H3. The quantitative estimate of drug-likeness (QED) is 0.581. The van der Waals surface area contributed by atoms with Crippen molar-refractivity contribution in [3.05, 3.63) is 11.8 Å². The van der Waals surface area contributed by atoms with Gasteiger partial charge in [0.05, 0.1) is 5.76 Å². The molecule has 0 bridgehead atoms. The molecule has 0 amide bonds. The highest BCUT2D eigenvalue weighted by Crippen LogP contribution is 2.33. The van der Waals surface area contributed by atoms with E-state index in [0.29, 0.717) is 6.10 Å². The van der Waals surface area contributed by atoms with E-state index in [1.165, 1.54) is 32.1 Å². The van der Waals surface area contributed by atoms with Gasteiger partial charge < -0.3 is 4.74 Å². The molecule has 1 aliphatic heterocycles. The zero-order valence-corrected chi connectivity index (χ0v) is 7.88. The smallest absolute Gasteiger partial charge is 0.105 e. The summed E-state index contributed by atoms with van der Waals surface area (Å²) >= 11 is 0. The fraction of sp³-hybridized carbons (Fsp3) is 0.818. The third kappa shape index (κ3) is 1.65. The first kappa shape index (κ1) is 8.15. The third-order valence-electron chi connectivity index (χ3n) is 3.15. The van der Waals surface area contributed by atoms with Gasteiger partial charge in [0.1, 0.15) is 6.10 Å². The lowest BCUT2D eigenvalue weighted by Gasteiger charge is -2.27. The summed E-state index contributed by atoms with van der Waals surface area (Å²) in [4.78, 5) is 0. The highest BCUT2D eigenvalue weighted by molar-refractivity contribution is 4.99. The molecule has 0 radical (unpaired) electrons. The highest BCUT2D eigenvalue weighted by atomic mass is 16.5. The normalized spacial score (nSPS) is 31.4. The maximum absolute atomic E-state index is 5.76. The van der Waals surface area contributed by atoms with Gasteiger partial charge in [-0.1, -0.05) is 19.3 Å². The van der Waals surface area contributed by atoms with Gasteiger partial charge in [-0.25, -0.2) is 0 Å². The third-order valence-corrected chi connectivity index (χ3v) is 3.15. The summed E-state index contributed by atoms with van der Waals surface area (Å²) in [7, 11) is 0. The number of hydrogen-bond acceptors (Lipinski definition) is 1. The van der Waals surface area contributed by atoms with E-state index in [1.807, 2.05) is 0 Å². The molecule has 1 aliphatic carbocycles. The summed E-state index contributed by atoms with van der Waals surface area (Å²) in [5.41, 5.74) is 0. The van der Waals surface area contributed by atoms with E-state index in [4.69, 9.17) is 4.74 Å². The summed E-state index contributed by atoms with van der Waals surface area (Å²) < 4.78 is 5.76. The van der Waals surface area contributed by atoms with E-state index >= 15 is 0 Å². The number of ether oxygens (including phenoxy) is 1. The average molecular weight is 166 g/mol. The van der Waals surface area contributed by atoms with Gasteiger partial charge in [-0.15, -0.1) is 0 Å². The van der Waals surface area contributed by atoms with Crippen LogP contribution >= 0.6 is 0 Å². The molecule has 0 aromatic carbocycles. The molecule has 1 heteroatoms. The summed E-state index contributed by atoms with van der Waals surface area (Å²) in [6.07, 6.45) is 11.0. The van der Waals surface area contributed by atoms with Crippen molar-refractivity contribution in [1.29, 1.82) is 0 Å². The molecule has 1 fully saturated rings. The second kappa shape index (κ2) is 3.51. The van der Waals surface area contributed by atoms with Gasteiger partial charge in [-0.05, 0) is 31.8 Å². The average Bonchev–Trinajstić information content (AvgIpc) is 2.54. The molecule has 0 saturated heterocycles. The van der Waals surface area contributed by atoms with E-state index < -0.39 is 0 Å². The molecule has 1 atom stereocenters. The van der Waals surface area contributed by atoms with Crippen LogP contribution in [0.5, 0.6) is 0 Å². The van der Waals surface area contributed by atoms with Crippen LogP contribution < -0.4 is 0 Å². The van der Waals surface area contributed by atoms with Gasteiger partial charge in [0.15, 0.2) is 0 Å². The Kier molecular flexibility index (Phi) is 2.38. The van der Waals surface area contributed by atoms with Crippen LogP contribution in [0.25, 0.3) is 0 Å². The predicted octanol–water partition coefficient (Wildman–Crippen LogP) is 3.26. The summed E-state index contributed by atoms with van der Waals surface area (Å²) in [5, 5.41) is 0. The largest absolute Gasteiger partial charge is 0.495 e. The molecule has 2 aliphatic rings. The van der Waals surface area contributed by atoms with Crippen molar-refractivity contribution >= 4 is 0 Å². The molecule has 0 aromatic rings. The first-order chi connectivity index (χ1) is 5.86. The van der Waals surface area contributed by atoms with Crippen LogP contribution in [-0.4, -0.2) is 6.10 Å². The minimum atomic E-state index is 0.533. The van der Waals surface area contributed by atoms with Gasteiger partial charge in [-0.2, -0.15) is 0 Å². The maximum atomic E-state index is 5.76. The lowest BCUT2D eigenvalue weighted by atomic mass is 9.84. The molecular formula is C11H18O. The maximum Gasteiger partial charge on any atom is 0.105 e. The van der Waals surface area contributed by atoms with Crippen LogP contribution in [0.2, 0.25) is 0 Å². The van der Waals surface area contributed by atoms with Crippen molar-refractivity contribution in [1.82, 2.24) is 0 Å². The zero-order chi connectivity index (χ0) is 8.39. The van der Waals surface area contributed by atoms with Gasteiger partial charge in [0.25, 0.3) is 0 Å². The SMILES string of the molecule is CC1=CCC(C2CCCCC2)O1. The molecular weight excluding hydrogens is 148 g/mol. The predicted molar refractivity (Wildman–Crippen MR) is 49.8 cm³/mol. The first-order valence-corrected chi connectivity index (χ1v) is 5.19. The Morgan fingerprint density at radius 1 is 1.25 bits per heavy atom. The van der Waals surface area contributed by atoms with Crippen molar-refractivity contribution in [2.45, 2.75) is 51.6 Å². The number of allylic oxidation sites excluding steroid dienone is 1. The monoisotopic (exact) mass is 166 g/mol. The van der Waals surface area contributed by atoms with Crippen molar-refractivity contribution < 1.29 is 4.74 Å². The molecule has 68 valence electrons. The second-order valence-electron chi connectivity index (χ2n) is 4.10. The molecule has 1 saturated carbocycles. The fourth-order valence-electron chi connectivity index (χ4n) is 2.41. The first-order valence-electron chi connectivity index (χ1n) is 5.19. The second-order valence-corrected chi connectivity index (χ2v) is 4.10. The minimum Gasteiger partial charge on any atom is -0.495 e. The molecule has 0 N–H and O–H groups in total. The highest BCUT2D eigenvalue weighted by Gasteiger charge is 2.26. The Balaban J connectivity index is 1.85. The van der Waals surface area contributed by atoms with Crippen LogP contribution in [0.3, 0.4) is 0 Å². The van der Waals surface area contributed by atoms with E-state index in [1.54, 1.807) is 0 Å². The number of rotatable bonds is 1. The van der Waals surface area contributed by atoms with Crippen molar-refractivity contribution in [2.24, 2.45) is 5.92 Å². The Morgan fingerprint density at radius 3 is 2.58 bits per heavy atom. The van der Waals surface area contributed by atoms with Crippen molar-refractivity contribution in [3.8, 4) is 0 Å². The summed E-state index contributed by atoms with van der Waals surface area (Å²) in [6, 6.07) is 0. The van der Waals surface area contributed by atoms with Gasteiger partial charge in [0.2, 0.25) is 0 Å². The van der Waals surface area contributed by atoms with Crippen LogP contribution in [0.1, 0.15) is 45.4 Å². The van der Waals surface area contributed by atoms with Gasteiger partial charge in [0, 0.05) is 6.42 Å². The minimum absolute atomic E-state index is 0.533. The lowest BCUT2D eigenvalue weighted by Crippen LogP contribution is -2.22. The zero-order valence-electron chi connectivity index (χ0n) is 7.88. The van der Waals surface area contributed by atoms with E-state index in [2.05, 4.69) is 13.0 Å². The Hall–Kier alpha value is -0.460. The Bertz CT molecular complexity index is 177. The van der Waals surface area contributed by atoms with Crippen LogP contribution in [0, 0.1) is 5.92 Å². The molecule has 1 heterocycles. The topological polar surface area (TPSA) is 9.23 Å². The van der Waals surface area contributed by atoms with E-state index in [0.717, 1.165) is 18.1 Å². The van der Waals surface area contributed by atoms with E-state index in [9.17, 15) is 0 Å². The van der Waals surface area contributed by atoms with Gasteiger partial charge in [-0.3, -0.25) is 0 Å². The van der Waals surface area contributed by atoms with Crippen molar-refractivity contribution in [3.63, 3.8) is 0 Å². The molecule has 2 rings (SSSR count). The fourth-order valence-corrected chi connectivity index (χ4v) is 2.41. The molecule has 1 unspecified atom stereocenters. The van der Waals surface area contributed by atoms with Crippen LogP contribution in [-0.2, 0) is 4.74 Å². The Morgan fingerprint density at radius 2 is 2.00 bits per heavy atom. The molecule has 0 spiro atoms. The summed E-state index contributed by atoms with van der Waals surface area (Å²) in [6.45, 7) is 2.07. The molecule has 0 aromatic heterocycles. The van der Waals surface area contributed by atoms with E-state index in [-0.39, 0.29) is 0 Å². The van der Waals surface area contributed by atoms with Gasteiger partial charge >= 0.3 is 0 Å². The van der Waals surface area contributed by atoms with Crippen LogP contribution in [0.4, 0.5) is 0 Å². The van der Waals surface area contributed by atoms with Crippen molar-refractivity contribution in [2.75, 3.05) is 0 Å². The molecule has 12 heavy (non-hydrogen) atoms. The Labute approximate surface area is 74.8 Å². The summed E-state index contributed by atoms with van der Waals surface area (Å²) in [5.74, 6) is 2.00. The molecule has 1 nitrogen and oxygen atoms in total. The lowest BCUT2D eigenvalue weighted by molar-refractivity contribution is 0.0699. The number of hydrogen-bond donors (Lipinski definition) is 0. The van der Waals surface area contributed by atoms with Crippen LogP contribution in [0.15, 0.2) is 11.8 Å².